The number of benzene rings is 1. The van der Waals surface area contributed by atoms with Crippen molar-refractivity contribution in [2.24, 2.45) is 0 Å². The molecular formula is C21H19ClN2O3S2. The molecule has 1 fully saturated rings. The van der Waals surface area contributed by atoms with E-state index < -0.39 is 5.97 Å². The largest absolute Gasteiger partial charge is 0.451 e. The lowest BCUT2D eigenvalue weighted by molar-refractivity contribution is -0.135. The predicted octanol–water partition coefficient (Wildman–Crippen LogP) is 5.35. The van der Waals surface area contributed by atoms with E-state index in [-0.39, 0.29) is 18.6 Å². The minimum atomic E-state index is -0.513. The van der Waals surface area contributed by atoms with Gasteiger partial charge in [0.1, 0.15) is 9.88 Å². The molecule has 1 unspecified atom stereocenters. The lowest BCUT2D eigenvalue weighted by Crippen LogP contribution is -2.34. The van der Waals surface area contributed by atoms with Gasteiger partial charge in [0.15, 0.2) is 6.61 Å². The molecule has 3 heterocycles. The molecule has 8 heteroatoms. The van der Waals surface area contributed by atoms with Crippen LogP contribution < -0.4 is 0 Å². The summed E-state index contributed by atoms with van der Waals surface area (Å²) in [5.74, 6) is -0.672. The lowest BCUT2D eigenvalue weighted by Gasteiger charge is -2.23. The number of esters is 1. The number of likely N-dealkylation sites (tertiary alicyclic amines) is 1. The first-order valence-electron chi connectivity index (χ1n) is 9.26. The number of thiazole rings is 1. The SMILES string of the molecule is Cc1nc(-c2ccc(Cl)cc2)sc1C(=O)OCC(=O)N1CCCC1c1cccs1. The quantitative estimate of drug-likeness (QED) is 0.495. The fourth-order valence-corrected chi connectivity index (χ4v) is 5.38. The van der Waals surface area contributed by atoms with Crippen LogP contribution in [0.4, 0.5) is 0 Å². The lowest BCUT2D eigenvalue weighted by atomic mass is 10.2. The highest BCUT2D eigenvalue weighted by molar-refractivity contribution is 7.17. The van der Waals surface area contributed by atoms with E-state index in [0.29, 0.717) is 22.1 Å². The monoisotopic (exact) mass is 446 g/mol. The molecule has 2 aromatic heterocycles. The zero-order valence-electron chi connectivity index (χ0n) is 15.8. The standard InChI is InChI=1S/C21H19ClN2O3S2/c1-13-19(29-20(23-13)14-6-8-15(22)9-7-14)21(26)27-12-18(25)24-10-2-4-16(24)17-5-3-11-28-17/h3,5-9,11,16H,2,4,10,12H2,1H3. The van der Waals surface area contributed by atoms with Gasteiger partial charge in [0.2, 0.25) is 0 Å². The van der Waals surface area contributed by atoms with E-state index in [0.717, 1.165) is 23.4 Å². The number of carbonyl (C=O) groups excluding carboxylic acids is 2. The molecule has 1 aliphatic rings. The molecule has 0 bridgehead atoms. The second-order valence-electron chi connectivity index (χ2n) is 6.78. The van der Waals surface area contributed by atoms with Gasteiger partial charge in [0, 0.05) is 22.0 Å². The van der Waals surface area contributed by atoms with Gasteiger partial charge in [0.05, 0.1) is 11.7 Å². The maximum Gasteiger partial charge on any atom is 0.350 e. The molecule has 1 aliphatic heterocycles. The molecule has 1 atom stereocenters. The number of nitrogens with zero attached hydrogens (tertiary/aromatic N) is 2. The third-order valence-corrected chi connectivity index (χ3v) is 7.26. The van der Waals surface area contributed by atoms with E-state index >= 15 is 0 Å². The third kappa shape index (κ3) is 4.37. The van der Waals surface area contributed by atoms with Crippen LogP contribution in [0.2, 0.25) is 5.02 Å². The Balaban J connectivity index is 1.41. The Morgan fingerprint density at radius 3 is 2.79 bits per heavy atom. The topological polar surface area (TPSA) is 59.5 Å². The normalized spacial score (nSPS) is 16.2. The van der Waals surface area contributed by atoms with Crippen LogP contribution in [0.1, 0.15) is 39.1 Å². The van der Waals surface area contributed by atoms with Crippen LogP contribution in [0.15, 0.2) is 41.8 Å². The van der Waals surface area contributed by atoms with Crippen LogP contribution in [-0.2, 0) is 9.53 Å². The summed E-state index contributed by atoms with van der Waals surface area (Å²) in [6, 6.07) is 11.4. The fraction of sp³-hybridized carbons (Fsp3) is 0.286. The first-order valence-corrected chi connectivity index (χ1v) is 11.3. The van der Waals surface area contributed by atoms with Crippen molar-refractivity contribution in [3.05, 3.63) is 62.2 Å². The Hall–Kier alpha value is -2.22. The van der Waals surface area contributed by atoms with Gasteiger partial charge in [-0.1, -0.05) is 29.8 Å². The van der Waals surface area contributed by atoms with E-state index in [1.54, 1.807) is 30.4 Å². The molecule has 0 radical (unpaired) electrons. The van der Waals surface area contributed by atoms with E-state index in [1.165, 1.54) is 16.2 Å². The Morgan fingerprint density at radius 2 is 2.07 bits per heavy atom. The smallest absolute Gasteiger partial charge is 0.350 e. The van der Waals surface area contributed by atoms with Gasteiger partial charge >= 0.3 is 5.97 Å². The molecule has 0 saturated carbocycles. The number of rotatable bonds is 5. The summed E-state index contributed by atoms with van der Waals surface area (Å²) in [6.07, 6.45) is 1.90. The summed E-state index contributed by atoms with van der Waals surface area (Å²) >= 11 is 8.83. The van der Waals surface area contributed by atoms with Gasteiger partial charge < -0.3 is 9.64 Å². The van der Waals surface area contributed by atoms with Crippen molar-refractivity contribution in [2.45, 2.75) is 25.8 Å². The van der Waals surface area contributed by atoms with E-state index in [2.05, 4.69) is 4.98 Å². The number of ether oxygens (including phenoxy) is 1. The highest BCUT2D eigenvalue weighted by Crippen LogP contribution is 2.34. The number of halogens is 1. The molecule has 4 rings (SSSR count). The molecule has 1 saturated heterocycles. The van der Waals surface area contributed by atoms with Crippen molar-refractivity contribution in [3.8, 4) is 10.6 Å². The first kappa shape index (κ1) is 20.1. The number of carbonyl (C=O) groups is 2. The van der Waals surface area contributed by atoms with Crippen LogP contribution in [-0.4, -0.2) is 34.9 Å². The first-order chi connectivity index (χ1) is 14.0. The van der Waals surface area contributed by atoms with Gasteiger partial charge in [-0.15, -0.1) is 22.7 Å². The van der Waals surface area contributed by atoms with Crippen LogP contribution in [0.25, 0.3) is 10.6 Å². The van der Waals surface area contributed by atoms with Crippen LogP contribution in [0.5, 0.6) is 0 Å². The number of amides is 1. The molecule has 5 nitrogen and oxygen atoms in total. The molecule has 0 N–H and O–H groups in total. The van der Waals surface area contributed by atoms with Crippen molar-refractivity contribution >= 4 is 46.2 Å². The maximum absolute atomic E-state index is 12.7. The fourth-order valence-electron chi connectivity index (χ4n) is 3.42. The molecule has 150 valence electrons. The van der Waals surface area contributed by atoms with Gasteiger partial charge in [-0.2, -0.15) is 0 Å². The summed E-state index contributed by atoms with van der Waals surface area (Å²) in [7, 11) is 0. The Morgan fingerprint density at radius 1 is 1.28 bits per heavy atom. The van der Waals surface area contributed by atoms with Crippen LogP contribution in [0, 0.1) is 6.92 Å². The Labute approximate surface area is 181 Å². The molecule has 29 heavy (non-hydrogen) atoms. The number of hydrogen-bond acceptors (Lipinski definition) is 6. The molecular weight excluding hydrogens is 428 g/mol. The van der Waals surface area contributed by atoms with Gasteiger partial charge in [0.25, 0.3) is 5.91 Å². The second-order valence-corrected chi connectivity index (χ2v) is 9.19. The molecule has 0 aliphatic carbocycles. The number of aryl methyl sites for hydroxylation is 1. The number of aromatic nitrogens is 1. The maximum atomic E-state index is 12.7. The minimum Gasteiger partial charge on any atom is -0.451 e. The van der Waals surface area contributed by atoms with Crippen molar-refractivity contribution in [2.75, 3.05) is 13.2 Å². The van der Waals surface area contributed by atoms with E-state index in [4.69, 9.17) is 16.3 Å². The van der Waals surface area contributed by atoms with Crippen LogP contribution >= 0.6 is 34.3 Å². The Bertz CT molecular complexity index is 1020. The Kier molecular flexibility index (Phi) is 5.99. The summed E-state index contributed by atoms with van der Waals surface area (Å²) in [6.45, 7) is 2.20. The zero-order valence-corrected chi connectivity index (χ0v) is 18.1. The van der Waals surface area contributed by atoms with Crippen molar-refractivity contribution in [1.82, 2.24) is 9.88 Å². The highest BCUT2D eigenvalue weighted by Gasteiger charge is 2.31. The molecule has 1 aromatic carbocycles. The highest BCUT2D eigenvalue weighted by atomic mass is 35.5. The zero-order chi connectivity index (χ0) is 20.4. The molecule has 0 spiro atoms. The number of hydrogen-bond donors (Lipinski definition) is 0. The average molecular weight is 447 g/mol. The molecule has 3 aromatic rings. The van der Waals surface area contributed by atoms with Crippen LogP contribution in [0.3, 0.4) is 0 Å². The second kappa shape index (κ2) is 8.65. The third-order valence-electron chi connectivity index (χ3n) is 4.84. The summed E-state index contributed by atoms with van der Waals surface area (Å²) in [5.41, 5.74) is 1.48. The van der Waals surface area contributed by atoms with Crippen molar-refractivity contribution in [3.63, 3.8) is 0 Å². The van der Waals surface area contributed by atoms with Gasteiger partial charge in [-0.25, -0.2) is 9.78 Å². The number of thiophene rings is 1. The van der Waals surface area contributed by atoms with E-state index in [1.807, 2.05) is 34.5 Å². The summed E-state index contributed by atoms with van der Waals surface area (Å²) in [4.78, 5) is 33.1. The van der Waals surface area contributed by atoms with Crippen molar-refractivity contribution in [1.29, 1.82) is 0 Å². The average Bonchev–Trinajstić information content (AvgIpc) is 3.46. The van der Waals surface area contributed by atoms with Gasteiger partial charge in [-0.3, -0.25) is 4.79 Å². The van der Waals surface area contributed by atoms with Gasteiger partial charge in [-0.05, 0) is 43.3 Å². The predicted molar refractivity (Wildman–Crippen MR) is 116 cm³/mol. The van der Waals surface area contributed by atoms with E-state index in [9.17, 15) is 9.59 Å². The van der Waals surface area contributed by atoms with Crippen molar-refractivity contribution < 1.29 is 14.3 Å². The molecule has 1 amide bonds. The summed E-state index contributed by atoms with van der Waals surface area (Å²) in [5, 5.41) is 3.37. The summed E-state index contributed by atoms with van der Waals surface area (Å²) < 4.78 is 5.34. The minimum absolute atomic E-state index is 0.0860.